The van der Waals surface area contributed by atoms with E-state index in [4.69, 9.17) is 9.47 Å². The molecule has 0 unspecified atom stereocenters. The minimum absolute atomic E-state index is 0.00676. The van der Waals surface area contributed by atoms with Crippen LogP contribution < -0.4 is 10.6 Å². The van der Waals surface area contributed by atoms with Crippen molar-refractivity contribution < 1.29 is 28.7 Å². The molecule has 4 amide bonds. The monoisotopic (exact) mass is 537 g/mol. The van der Waals surface area contributed by atoms with Gasteiger partial charge >= 0.3 is 6.09 Å². The minimum atomic E-state index is -1.71. The highest BCUT2D eigenvalue weighted by Gasteiger charge is 2.62. The number of nitrogens with one attached hydrogen (secondary N) is 2. The Morgan fingerprint density at radius 1 is 0.872 bits per heavy atom. The summed E-state index contributed by atoms with van der Waals surface area (Å²) in [4.78, 5) is 54.4. The maximum absolute atomic E-state index is 14.0. The SMILES string of the molecule is CNC(=O)[C@](Cc1ccccc1)(N1C(=O)CCC1=O)[C@@](C)(CNC(=O)OC(C)(C)C)COCc1ccccc1. The number of nitrogens with zero attached hydrogens (tertiary/aromatic N) is 1. The van der Waals surface area contributed by atoms with Gasteiger partial charge in [0.05, 0.1) is 13.2 Å². The molecule has 0 aromatic heterocycles. The van der Waals surface area contributed by atoms with Crippen LogP contribution in [0.15, 0.2) is 60.7 Å². The van der Waals surface area contributed by atoms with E-state index in [1.54, 1.807) is 27.7 Å². The zero-order valence-electron chi connectivity index (χ0n) is 23.4. The first kappa shape index (κ1) is 29.8. The van der Waals surface area contributed by atoms with Crippen LogP contribution in [0.2, 0.25) is 0 Å². The quantitative estimate of drug-likeness (QED) is 0.424. The van der Waals surface area contributed by atoms with Crippen molar-refractivity contribution in [3.8, 4) is 0 Å². The molecule has 0 bridgehead atoms. The van der Waals surface area contributed by atoms with Gasteiger partial charge in [0, 0.05) is 38.3 Å². The summed E-state index contributed by atoms with van der Waals surface area (Å²) in [6.45, 7) is 7.09. The molecule has 1 fully saturated rings. The Labute approximate surface area is 230 Å². The van der Waals surface area contributed by atoms with Crippen molar-refractivity contribution in [1.82, 2.24) is 15.5 Å². The molecule has 0 spiro atoms. The Morgan fingerprint density at radius 3 is 1.92 bits per heavy atom. The van der Waals surface area contributed by atoms with Gasteiger partial charge in [-0.3, -0.25) is 19.3 Å². The first-order valence-corrected chi connectivity index (χ1v) is 13.1. The first-order valence-electron chi connectivity index (χ1n) is 13.1. The molecule has 0 saturated carbocycles. The summed E-state index contributed by atoms with van der Waals surface area (Å²) in [5, 5.41) is 5.48. The Morgan fingerprint density at radius 2 is 1.41 bits per heavy atom. The van der Waals surface area contributed by atoms with E-state index in [-0.39, 0.29) is 39.0 Å². The number of rotatable bonds is 11. The lowest BCUT2D eigenvalue weighted by atomic mass is 9.65. The number of likely N-dealkylation sites (tertiary alicyclic amines) is 1. The van der Waals surface area contributed by atoms with Crippen molar-refractivity contribution in [3.63, 3.8) is 0 Å². The predicted molar refractivity (Wildman–Crippen MR) is 146 cm³/mol. The molecule has 39 heavy (non-hydrogen) atoms. The Kier molecular flexibility index (Phi) is 9.50. The molecule has 2 atom stereocenters. The third-order valence-corrected chi connectivity index (χ3v) is 6.89. The van der Waals surface area contributed by atoms with Crippen molar-refractivity contribution in [2.75, 3.05) is 20.2 Å². The minimum Gasteiger partial charge on any atom is -0.444 e. The highest BCUT2D eigenvalue weighted by Crippen LogP contribution is 2.43. The van der Waals surface area contributed by atoms with Crippen molar-refractivity contribution in [3.05, 3.63) is 71.8 Å². The lowest BCUT2D eigenvalue weighted by Gasteiger charge is -2.51. The van der Waals surface area contributed by atoms with Crippen molar-refractivity contribution in [2.24, 2.45) is 5.41 Å². The Balaban J connectivity index is 2.11. The third kappa shape index (κ3) is 7.03. The zero-order valence-corrected chi connectivity index (χ0v) is 23.4. The largest absolute Gasteiger partial charge is 0.444 e. The zero-order chi connectivity index (χ0) is 28.7. The van der Waals surface area contributed by atoms with Crippen LogP contribution in [-0.4, -0.2) is 60.1 Å². The average Bonchev–Trinajstić information content (AvgIpc) is 3.23. The Bertz CT molecular complexity index is 1150. The maximum Gasteiger partial charge on any atom is 0.407 e. The molecule has 0 radical (unpaired) electrons. The van der Waals surface area contributed by atoms with E-state index in [0.29, 0.717) is 0 Å². The van der Waals surface area contributed by atoms with Crippen LogP contribution in [-0.2, 0) is 36.9 Å². The molecule has 9 heteroatoms. The molecule has 2 N–H and O–H groups in total. The molecule has 1 saturated heterocycles. The van der Waals surface area contributed by atoms with Crippen LogP contribution in [0.25, 0.3) is 0 Å². The lowest BCUT2D eigenvalue weighted by molar-refractivity contribution is -0.166. The third-order valence-electron chi connectivity index (χ3n) is 6.89. The molecule has 2 aromatic rings. The van der Waals surface area contributed by atoms with E-state index in [2.05, 4.69) is 10.6 Å². The van der Waals surface area contributed by atoms with E-state index < -0.39 is 40.4 Å². The summed E-state index contributed by atoms with van der Waals surface area (Å²) >= 11 is 0. The summed E-state index contributed by atoms with van der Waals surface area (Å²) in [5.41, 5.74) is -2.04. The molecule has 3 rings (SSSR count). The van der Waals surface area contributed by atoms with Crippen molar-refractivity contribution in [2.45, 2.75) is 64.7 Å². The van der Waals surface area contributed by atoms with Gasteiger partial charge in [-0.15, -0.1) is 0 Å². The van der Waals surface area contributed by atoms with Crippen molar-refractivity contribution >= 4 is 23.8 Å². The molecular formula is C30H39N3O6. The van der Waals surface area contributed by atoms with Gasteiger partial charge in [-0.05, 0) is 31.9 Å². The van der Waals surface area contributed by atoms with E-state index >= 15 is 0 Å². The molecule has 2 aromatic carbocycles. The standard InChI is InChI=1S/C30H39N3O6/c1-28(2,3)39-27(37)32-20-29(4,21-38-19-23-14-10-7-11-15-23)30(26(36)31-5,18-22-12-8-6-9-13-22)33-24(34)16-17-25(33)35/h6-15H,16-21H2,1-5H3,(H,31,36)(H,32,37)/t29-,30-/m0/s1. The van der Waals surface area contributed by atoms with E-state index in [1.165, 1.54) is 7.05 Å². The Hall–Kier alpha value is -3.72. The number of alkyl carbamates (subject to hydrolysis) is 1. The second kappa shape index (κ2) is 12.4. The van der Waals surface area contributed by atoms with Crippen LogP contribution in [0, 0.1) is 5.41 Å². The number of imide groups is 1. The van der Waals surface area contributed by atoms with Crippen LogP contribution in [0.5, 0.6) is 0 Å². The maximum atomic E-state index is 14.0. The van der Waals surface area contributed by atoms with Gasteiger partial charge < -0.3 is 20.1 Å². The summed E-state index contributed by atoms with van der Waals surface area (Å²) < 4.78 is 11.6. The molecule has 1 aliphatic heterocycles. The van der Waals surface area contributed by atoms with Gasteiger partial charge in [-0.1, -0.05) is 67.6 Å². The lowest BCUT2D eigenvalue weighted by Crippen LogP contribution is -2.72. The van der Waals surface area contributed by atoms with Gasteiger partial charge in [0.2, 0.25) is 17.7 Å². The number of ether oxygens (including phenoxy) is 2. The average molecular weight is 538 g/mol. The van der Waals surface area contributed by atoms with Gasteiger partial charge in [0.25, 0.3) is 0 Å². The number of hydrogen-bond donors (Lipinski definition) is 2. The van der Waals surface area contributed by atoms with Gasteiger partial charge in [-0.2, -0.15) is 0 Å². The fourth-order valence-corrected chi connectivity index (χ4v) is 4.99. The molecule has 9 nitrogen and oxygen atoms in total. The van der Waals surface area contributed by atoms with E-state index in [1.807, 2.05) is 60.7 Å². The molecule has 1 heterocycles. The van der Waals surface area contributed by atoms with Gasteiger partial charge in [-0.25, -0.2) is 4.79 Å². The van der Waals surface area contributed by atoms with E-state index in [0.717, 1.165) is 16.0 Å². The van der Waals surface area contributed by atoms with Crippen LogP contribution in [0.4, 0.5) is 4.79 Å². The van der Waals surface area contributed by atoms with Gasteiger partial charge in [0.15, 0.2) is 0 Å². The number of benzene rings is 2. The number of carbonyl (C=O) groups excluding carboxylic acids is 4. The smallest absolute Gasteiger partial charge is 0.407 e. The molecule has 0 aliphatic carbocycles. The summed E-state index contributed by atoms with van der Waals surface area (Å²) in [6.07, 6.45) is -0.632. The highest BCUT2D eigenvalue weighted by molar-refractivity contribution is 6.07. The normalized spacial score (nSPS) is 16.8. The highest BCUT2D eigenvalue weighted by atomic mass is 16.6. The summed E-state index contributed by atoms with van der Waals surface area (Å²) in [7, 11) is 1.47. The first-order chi connectivity index (χ1) is 18.4. The van der Waals surface area contributed by atoms with Crippen molar-refractivity contribution in [1.29, 1.82) is 0 Å². The van der Waals surface area contributed by atoms with Crippen LogP contribution in [0.3, 0.4) is 0 Å². The van der Waals surface area contributed by atoms with E-state index in [9.17, 15) is 19.2 Å². The number of amides is 4. The number of carbonyl (C=O) groups is 4. The second-order valence-corrected chi connectivity index (χ2v) is 11.1. The van der Waals surface area contributed by atoms with Crippen LogP contribution >= 0.6 is 0 Å². The predicted octanol–water partition coefficient (Wildman–Crippen LogP) is 3.61. The number of likely N-dealkylation sites (N-methyl/N-ethyl adjacent to an activating group) is 1. The fraction of sp³-hybridized carbons (Fsp3) is 0.467. The van der Waals surface area contributed by atoms with Gasteiger partial charge in [0.1, 0.15) is 11.1 Å². The molecular weight excluding hydrogens is 498 g/mol. The molecule has 1 aliphatic rings. The topological polar surface area (TPSA) is 114 Å². The fourth-order valence-electron chi connectivity index (χ4n) is 4.99. The number of hydrogen-bond acceptors (Lipinski definition) is 6. The van der Waals surface area contributed by atoms with Crippen LogP contribution in [0.1, 0.15) is 51.7 Å². The summed E-state index contributed by atoms with van der Waals surface area (Å²) in [5.74, 6) is -1.40. The molecule has 210 valence electrons. The summed E-state index contributed by atoms with van der Waals surface area (Å²) in [6, 6.07) is 18.7. The second-order valence-electron chi connectivity index (χ2n) is 11.1.